The van der Waals surface area contributed by atoms with Gasteiger partial charge in [0.15, 0.2) is 0 Å². The molecule has 9 unspecified atom stereocenters. The van der Waals surface area contributed by atoms with Crippen LogP contribution in [0.4, 0.5) is 0 Å². The van der Waals surface area contributed by atoms with E-state index in [-0.39, 0.29) is 41.0 Å². The Labute approximate surface area is 174 Å². The van der Waals surface area contributed by atoms with E-state index in [4.69, 9.17) is 9.47 Å². The molecule has 5 aliphatic rings. The Morgan fingerprint density at radius 3 is 2.72 bits per heavy atom. The summed E-state index contributed by atoms with van der Waals surface area (Å²) in [4.78, 5) is 12.6. The van der Waals surface area contributed by atoms with E-state index in [2.05, 4.69) is 39.8 Å². The molecule has 1 spiro atoms. The summed E-state index contributed by atoms with van der Waals surface area (Å²) in [6.07, 6.45) is 10.2. The number of aliphatic hydroxyl groups is 1. The zero-order chi connectivity index (χ0) is 20.8. The number of allylic oxidation sites excluding steroid dienone is 2. The molecule has 0 radical (unpaired) electrons. The van der Waals surface area contributed by atoms with Gasteiger partial charge in [-0.2, -0.15) is 0 Å². The molecule has 0 aromatic carbocycles. The van der Waals surface area contributed by atoms with Crippen molar-refractivity contribution in [2.24, 2.45) is 29.1 Å². The van der Waals surface area contributed by atoms with Gasteiger partial charge in [-0.1, -0.05) is 31.6 Å². The van der Waals surface area contributed by atoms with Crippen molar-refractivity contribution in [2.75, 3.05) is 0 Å². The molecule has 0 bridgehead atoms. The van der Waals surface area contributed by atoms with Gasteiger partial charge in [-0.25, -0.2) is 4.79 Å². The number of rotatable bonds is 1. The molecule has 4 fully saturated rings. The molecule has 2 saturated carbocycles. The lowest BCUT2D eigenvalue weighted by Gasteiger charge is -2.45. The highest BCUT2D eigenvalue weighted by molar-refractivity contribution is 5.92. The maximum Gasteiger partial charge on any atom is 0.334 e. The van der Waals surface area contributed by atoms with Crippen molar-refractivity contribution in [3.8, 4) is 0 Å². The lowest BCUT2D eigenvalue weighted by atomic mass is 9.62. The quantitative estimate of drug-likeness (QED) is 0.518. The van der Waals surface area contributed by atoms with Gasteiger partial charge >= 0.3 is 5.97 Å². The summed E-state index contributed by atoms with van der Waals surface area (Å²) >= 11 is 0. The van der Waals surface area contributed by atoms with Gasteiger partial charge in [0, 0.05) is 17.9 Å². The van der Waals surface area contributed by atoms with Crippen LogP contribution in [0.3, 0.4) is 0 Å². The van der Waals surface area contributed by atoms with Crippen LogP contribution in [0.1, 0.15) is 73.1 Å². The first-order chi connectivity index (χ1) is 13.6. The van der Waals surface area contributed by atoms with Crippen LogP contribution in [0.15, 0.2) is 23.3 Å². The van der Waals surface area contributed by atoms with Gasteiger partial charge in [0.2, 0.25) is 0 Å². The zero-order valence-corrected chi connectivity index (χ0v) is 18.5. The minimum atomic E-state index is -0.775. The third-order valence-corrected chi connectivity index (χ3v) is 9.19. The minimum Gasteiger partial charge on any atom is -0.458 e. The van der Waals surface area contributed by atoms with Crippen LogP contribution in [0.25, 0.3) is 0 Å². The summed E-state index contributed by atoms with van der Waals surface area (Å²) in [5.74, 6) is 0.859. The first-order valence-corrected chi connectivity index (χ1v) is 11.5. The van der Waals surface area contributed by atoms with E-state index in [9.17, 15) is 9.90 Å². The predicted molar refractivity (Wildman–Crippen MR) is 111 cm³/mol. The van der Waals surface area contributed by atoms with Crippen molar-refractivity contribution in [2.45, 2.75) is 96.6 Å². The molecule has 0 aromatic heterocycles. The van der Waals surface area contributed by atoms with Crippen molar-refractivity contribution < 1.29 is 19.4 Å². The first kappa shape index (κ1) is 19.8. The molecular weight excluding hydrogens is 364 g/mol. The van der Waals surface area contributed by atoms with E-state index in [0.29, 0.717) is 18.3 Å². The number of hydrogen-bond acceptors (Lipinski definition) is 4. The highest BCUT2D eigenvalue weighted by atomic mass is 16.6. The lowest BCUT2D eigenvalue weighted by Crippen LogP contribution is -2.46. The number of hydrogen-bond donors (Lipinski definition) is 1. The minimum absolute atomic E-state index is 0.0622. The third-order valence-electron chi connectivity index (χ3n) is 9.19. The largest absolute Gasteiger partial charge is 0.458 e. The maximum absolute atomic E-state index is 12.6. The van der Waals surface area contributed by atoms with Gasteiger partial charge in [0.05, 0.1) is 17.3 Å². The molecule has 2 heterocycles. The van der Waals surface area contributed by atoms with Crippen LogP contribution in [-0.2, 0) is 14.3 Å². The molecule has 9 atom stereocenters. The summed E-state index contributed by atoms with van der Waals surface area (Å²) in [7, 11) is 0. The van der Waals surface area contributed by atoms with E-state index in [1.165, 1.54) is 5.57 Å². The summed E-state index contributed by atoms with van der Waals surface area (Å²) < 4.78 is 12.5. The van der Waals surface area contributed by atoms with Crippen molar-refractivity contribution in [1.82, 2.24) is 0 Å². The van der Waals surface area contributed by atoms with Crippen molar-refractivity contribution in [3.05, 3.63) is 23.3 Å². The number of esters is 1. The summed E-state index contributed by atoms with van der Waals surface area (Å²) in [6.45, 7) is 11.0. The molecule has 29 heavy (non-hydrogen) atoms. The molecule has 0 aromatic rings. The maximum atomic E-state index is 12.6. The molecule has 0 amide bonds. The molecule has 5 rings (SSSR count). The van der Waals surface area contributed by atoms with E-state index in [1.54, 1.807) is 0 Å². The number of ether oxygens (including phenoxy) is 2. The highest BCUT2D eigenvalue weighted by Crippen LogP contribution is 2.65. The van der Waals surface area contributed by atoms with E-state index in [0.717, 1.165) is 37.7 Å². The van der Waals surface area contributed by atoms with E-state index < -0.39 is 5.60 Å². The SMILES string of the molecule is CC(C)=CC1CC(C)C2(CCC3(C)CC4C5/C(=C\CC32)C(=O)OC5CC4(C)O)O1. The summed E-state index contributed by atoms with van der Waals surface area (Å²) in [5.41, 5.74) is 1.35. The Bertz CT molecular complexity index is 791. The van der Waals surface area contributed by atoms with Crippen LogP contribution >= 0.6 is 0 Å². The van der Waals surface area contributed by atoms with Crippen LogP contribution in [0.5, 0.6) is 0 Å². The van der Waals surface area contributed by atoms with Crippen molar-refractivity contribution >= 4 is 5.97 Å². The van der Waals surface area contributed by atoms with Crippen LogP contribution in [0, 0.1) is 29.1 Å². The summed E-state index contributed by atoms with van der Waals surface area (Å²) in [6, 6.07) is 0. The van der Waals surface area contributed by atoms with Crippen molar-refractivity contribution in [1.29, 1.82) is 0 Å². The summed E-state index contributed by atoms with van der Waals surface area (Å²) in [5, 5.41) is 11.2. The third kappa shape index (κ3) is 2.74. The molecule has 4 heteroatoms. The first-order valence-electron chi connectivity index (χ1n) is 11.5. The number of fused-ring (bicyclic) bond motifs is 2. The Kier molecular flexibility index (Phi) is 4.23. The zero-order valence-electron chi connectivity index (χ0n) is 18.5. The monoisotopic (exact) mass is 400 g/mol. The molecule has 4 nitrogen and oxygen atoms in total. The highest BCUT2D eigenvalue weighted by Gasteiger charge is 2.65. The second-order valence-electron chi connectivity index (χ2n) is 11.4. The van der Waals surface area contributed by atoms with Gasteiger partial charge in [-0.05, 0) is 76.0 Å². The topological polar surface area (TPSA) is 55.8 Å². The van der Waals surface area contributed by atoms with Crippen LogP contribution < -0.4 is 0 Å². The molecular formula is C25H36O4. The number of carbonyl (C=O) groups excluding carboxylic acids is 1. The molecule has 2 aliphatic heterocycles. The van der Waals surface area contributed by atoms with Gasteiger partial charge < -0.3 is 14.6 Å². The Morgan fingerprint density at radius 1 is 1.24 bits per heavy atom. The predicted octanol–water partition coefficient (Wildman–Crippen LogP) is 4.57. The van der Waals surface area contributed by atoms with Crippen LogP contribution in [0.2, 0.25) is 0 Å². The number of carbonyl (C=O) groups is 1. The smallest absolute Gasteiger partial charge is 0.334 e. The van der Waals surface area contributed by atoms with Crippen molar-refractivity contribution in [3.63, 3.8) is 0 Å². The molecule has 2 saturated heterocycles. The fraction of sp³-hybridized carbons (Fsp3) is 0.800. The molecule has 1 N–H and O–H groups in total. The van der Waals surface area contributed by atoms with E-state index in [1.807, 2.05) is 6.92 Å². The van der Waals surface area contributed by atoms with Gasteiger partial charge in [0.25, 0.3) is 0 Å². The second kappa shape index (κ2) is 6.20. The Balaban J connectivity index is 1.54. The van der Waals surface area contributed by atoms with Crippen LogP contribution in [-0.4, -0.2) is 34.5 Å². The normalized spacial score (nSPS) is 55.0. The average molecular weight is 401 g/mol. The van der Waals surface area contributed by atoms with Gasteiger partial charge in [-0.15, -0.1) is 0 Å². The second-order valence-corrected chi connectivity index (χ2v) is 11.4. The van der Waals surface area contributed by atoms with Gasteiger partial charge in [-0.3, -0.25) is 0 Å². The van der Waals surface area contributed by atoms with Gasteiger partial charge in [0.1, 0.15) is 6.10 Å². The Hall–Kier alpha value is -1.13. The fourth-order valence-electron chi connectivity index (χ4n) is 7.86. The standard InChI is InChI=1S/C25H36O4/c1-14(2)10-16-11-15(3)25(29-16)9-8-23(4)12-18-21-17(6-7-20(23)25)22(26)28-19(21)13-24(18,5)27/h6,10,15-16,18-21,27H,7-9,11-13H2,1-5H3/b17-6+. The molecule has 160 valence electrons. The molecule has 3 aliphatic carbocycles. The lowest BCUT2D eigenvalue weighted by molar-refractivity contribution is -0.140. The van der Waals surface area contributed by atoms with E-state index >= 15 is 0 Å². The average Bonchev–Trinajstić information content (AvgIpc) is 3.21. The Morgan fingerprint density at radius 2 is 2.00 bits per heavy atom. The fourth-order valence-corrected chi connectivity index (χ4v) is 7.86.